The Morgan fingerprint density at radius 1 is 1.43 bits per heavy atom. The fourth-order valence-corrected chi connectivity index (χ4v) is 2.88. The van der Waals surface area contributed by atoms with E-state index in [1.54, 1.807) is 18.2 Å². The fraction of sp³-hybridized carbons (Fsp3) is 0.562. The largest absolute Gasteiger partial charge is 0.504 e. The standard InChI is InChI=1S/C16H23N3O2/c1-18-8-6-13(7-9-18)19(2)14(11-17)12-4-5-15(20)16(10-12)21-3/h4-5,10,13-14,20H,6-9H2,1-3H3. The highest BCUT2D eigenvalue weighted by Gasteiger charge is 2.27. The Bertz CT molecular complexity index is 519. The lowest BCUT2D eigenvalue weighted by Crippen LogP contribution is -2.43. The average Bonchev–Trinajstić information content (AvgIpc) is 2.50. The molecule has 1 fully saturated rings. The average molecular weight is 289 g/mol. The summed E-state index contributed by atoms with van der Waals surface area (Å²) in [6.45, 7) is 2.12. The van der Waals surface area contributed by atoms with Crippen molar-refractivity contribution < 1.29 is 9.84 Å². The van der Waals surface area contributed by atoms with Gasteiger partial charge in [0.25, 0.3) is 0 Å². The highest BCUT2D eigenvalue weighted by atomic mass is 16.5. The number of hydrogen-bond acceptors (Lipinski definition) is 5. The molecule has 1 aromatic rings. The minimum absolute atomic E-state index is 0.0971. The Morgan fingerprint density at radius 3 is 2.67 bits per heavy atom. The van der Waals surface area contributed by atoms with E-state index in [2.05, 4.69) is 22.9 Å². The Balaban J connectivity index is 2.17. The van der Waals surface area contributed by atoms with Crippen molar-refractivity contribution >= 4 is 0 Å². The van der Waals surface area contributed by atoms with Crippen LogP contribution in [0.15, 0.2) is 18.2 Å². The number of phenolic OH excluding ortho intramolecular Hbond substituents is 1. The molecule has 1 aliphatic heterocycles. The van der Waals surface area contributed by atoms with Crippen LogP contribution >= 0.6 is 0 Å². The summed E-state index contributed by atoms with van der Waals surface area (Å²) in [5.74, 6) is 0.504. The Labute approximate surface area is 126 Å². The van der Waals surface area contributed by atoms with Gasteiger partial charge in [0.15, 0.2) is 11.5 Å². The summed E-state index contributed by atoms with van der Waals surface area (Å²) in [6.07, 6.45) is 2.14. The summed E-state index contributed by atoms with van der Waals surface area (Å²) in [6, 6.07) is 7.57. The smallest absolute Gasteiger partial charge is 0.160 e. The second-order valence-corrected chi connectivity index (χ2v) is 5.66. The van der Waals surface area contributed by atoms with Crippen molar-refractivity contribution in [3.63, 3.8) is 0 Å². The van der Waals surface area contributed by atoms with Crippen molar-refractivity contribution in [1.29, 1.82) is 5.26 Å². The normalized spacial score (nSPS) is 18.4. The molecule has 1 unspecified atom stereocenters. The molecule has 0 saturated carbocycles. The molecule has 0 aliphatic carbocycles. The third-order valence-corrected chi connectivity index (χ3v) is 4.31. The quantitative estimate of drug-likeness (QED) is 0.918. The van der Waals surface area contributed by atoms with Crippen molar-refractivity contribution in [3.8, 4) is 17.6 Å². The fourth-order valence-electron chi connectivity index (χ4n) is 2.88. The van der Waals surface area contributed by atoms with E-state index in [1.165, 1.54) is 7.11 Å². The van der Waals surface area contributed by atoms with Crippen LogP contribution in [0.25, 0.3) is 0 Å². The van der Waals surface area contributed by atoms with Gasteiger partial charge in [0.2, 0.25) is 0 Å². The van der Waals surface area contributed by atoms with E-state index in [-0.39, 0.29) is 11.8 Å². The van der Waals surface area contributed by atoms with E-state index in [9.17, 15) is 10.4 Å². The van der Waals surface area contributed by atoms with Crippen LogP contribution in [-0.4, -0.2) is 55.2 Å². The van der Waals surface area contributed by atoms with E-state index in [1.807, 2.05) is 7.05 Å². The molecule has 114 valence electrons. The third kappa shape index (κ3) is 3.46. The molecule has 0 aromatic heterocycles. The lowest BCUT2D eigenvalue weighted by atomic mass is 9.99. The van der Waals surface area contributed by atoms with Gasteiger partial charge in [-0.15, -0.1) is 0 Å². The van der Waals surface area contributed by atoms with E-state index < -0.39 is 0 Å². The molecule has 0 amide bonds. The lowest BCUT2D eigenvalue weighted by Gasteiger charge is -2.37. The first-order valence-corrected chi connectivity index (χ1v) is 7.23. The number of benzene rings is 1. The Morgan fingerprint density at radius 2 is 2.10 bits per heavy atom. The Hall–Kier alpha value is -1.77. The maximum atomic E-state index is 9.68. The molecule has 1 saturated heterocycles. The van der Waals surface area contributed by atoms with Gasteiger partial charge in [0, 0.05) is 6.04 Å². The molecule has 0 bridgehead atoms. The number of hydrogen-bond donors (Lipinski definition) is 1. The molecule has 1 N–H and O–H groups in total. The zero-order chi connectivity index (χ0) is 15.4. The summed E-state index contributed by atoms with van der Waals surface area (Å²) in [7, 11) is 5.65. The van der Waals surface area contributed by atoms with Gasteiger partial charge < -0.3 is 14.7 Å². The molecule has 1 heterocycles. The van der Waals surface area contributed by atoms with Crippen LogP contribution in [0.4, 0.5) is 0 Å². The molecule has 1 atom stereocenters. The molecular weight excluding hydrogens is 266 g/mol. The van der Waals surface area contributed by atoms with Crippen LogP contribution < -0.4 is 4.74 Å². The number of piperidine rings is 1. The molecule has 5 nitrogen and oxygen atoms in total. The van der Waals surface area contributed by atoms with Crippen LogP contribution in [0.3, 0.4) is 0 Å². The first kappa shape index (κ1) is 15.6. The second kappa shape index (κ2) is 6.79. The monoisotopic (exact) mass is 289 g/mol. The topological polar surface area (TPSA) is 59.7 Å². The highest BCUT2D eigenvalue weighted by Crippen LogP contribution is 2.32. The zero-order valence-electron chi connectivity index (χ0n) is 12.9. The number of phenols is 1. The summed E-state index contributed by atoms with van der Waals surface area (Å²) < 4.78 is 5.13. The predicted molar refractivity (Wildman–Crippen MR) is 81.3 cm³/mol. The lowest BCUT2D eigenvalue weighted by molar-refractivity contribution is 0.126. The summed E-state index contributed by atoms with van der Waals surface area (Å²) in [4.78, 5) is 4.45. The summed E-state index contributed by atoms with van der Waals surface area (Å²) in [5.41, 5.74) is 0.855. The van der Waals surface area contributed by atoms with E-state index in [0.29, 0.717) is 11.8 Å². The maximum absolute atomic E-state index is 9.68. The highest BCUT2D eigenvalue weighted by molar-refractivity contribution is 5.43. The van der Waals surface area contributed by atoms with E-state index in [4.69, 9.17) is 4.74 Å². The number of nitrogens with zero attached hydrogens (tertiary/aromatic N) is 3. The summed E-state index contributed by atoms with van der Waals surface area (Å²) in [5, 5.41) is 19.2. The first-order chi connectivity index (χ1) is 10.1. The molecule has 5 heteroatoms. The van der Waals surface area contributed by atoms with E-state index in [0.717, 1.165) is 31.5 Å². The minimum atomic E-state index is -0.326. The van der Waals surface area contributed by atoms with Gasteiger partial charge >= 0.3 is 0 Å². The molecule has 2 rings (SSSR count). The minimum Gasteiger partial charge on any atom is -0.504 e. The molecule has 0 radical (unpaired) electrons. The predicted octanol–water partition coefficient (Wildman–Crippen LogP) is 1.99. The third-order valence-electron chi connectivity index (χ3n) is 4.31. The second-order valence-electron chi connectivity index (χ2n) is 5.66. The van der Waals surface area contributed by atoms with Gasteiger partial charge in [-0.25, -0.2) is 0 Å². The van der Waals surface area contributed by atoms with Crippen LogP contribution in [0.2, 0.25) is 0 Å². The number of nitriles is 1. The number of ether oxygens (including phenoxy) is 1. The number of aromatic hydroxyl groups is 1. The van der Waals surface area contributed by atoms with Crippen molar-refractivity contribution in [1.82, 2.24) is 9.80 Å². The Kier molecular flexibility index (Phi) is 5.05. The molecule has 0 spiro atoms. The van der Waals surface area contributed by atoms with Gasteiger partial charge in [0.05, 0.1) is 13.2 Å². The van der Waals surface area contributed by atoms with Gasteiger partial charge in [-0.1, -0.05) is 6.07 Å². The zero-order valence-corrected chi connectivity index (χ0v) is 12.9. The SMILES string of the molecule is COc1cc(C(C#N)N(C)C2CCN(C)CC2)ccc1O. The number of rotatable bonds is 4. The molecule has 1 aromatic carbocycles. The van der Waals surface area contributed by atoms with Gasteiger partial charge in [-0.3, -0.25) is 4.90 Å². The van der Waals surface area contributed by atoms with Crippen molar-refractivity contribution in [2.24, 2.45) is 0 Å². The van der Waals surface area contributed by atoms with Crippen molar-refractivity contribution in [2.75, 3.05) is 34.3 Å². The summed E-state index contributed by atoms with van der Waals surface area (Å²) >= 11 is 0. The molecule has 1 aliphatic rings. The first-order valence-electron chi connectivity index (χ1n) is 7.23. The van der Waals surface area contributed by atoms with Crippen molar-refractivity contribution in [3.05, 3.63) is 23.8 Å². The van der Waals surface area contributed by atoms with Gasteiger partial charge in [-0.05, 0) is 57.7 Å². The van der Waals surface area contributed by atoms with Crippen LogP contribution in [0.5, 0.6) is 11.5 Å². The number of likely N-dealkylation sites (tertiary alicyclic amines) is 1. The van der Waals surface area contributed by atoms with Crippen LogP contribution in [0.1, 0.15) is 24.4 Å². The van der Waals surface area contributed by atoms with Crippen LogP contribution in [-0.2, 0) is 0 Å². The van der Waals surface area contributed by atoms with Crippen LogP contribution in [0, 0.1) is 11.3 Å². The van der Waals surface area contributed by atoms with Gasteiger partial charge in [0.1, 0.15) is 6.04 Å². The van der Waals surface area contributed by atoms with E-state index >= 15 is 0 Å². The van der Waals surface area contributed by atoms with Gasteiger partial charge in [-0.2, -0.15) is 5.26 Å². The van der Waals surface area contributed by atoms with Crippen molar-refractivity contribution in [2.45, 2.75) is 24.9 Å². The molecular formula is C16H23N3O2. The molecule has 21 heavy (non-hydrogen) atoms. The number of methoxy groups -OCH3 is 1. The maximum Gasteiger partial charge on any atom is 0.160 e.